The van der Waals surface area contributed by atoms with E-state index in [-0.39, 0.29) is 25.7 Å². The number of hydrogen-bond acceptors (Lipinski definition) is 4. The molecule has 5 nitrogen and oxygen atoms in total. The Morgan fingerprint density at radius 2 is 1.58 bits per heavy atom. The fourth-order valence-corrected chi connectivity index (χ4v) is 2.38. The summed E-state index contributed by atoms with van der Waals surface area (Å²) in [5.74, 6) is -0.876. The predicted octanol–water partition coefficient (Wildman–Crippen LogP) is 3.50. The van der Waals surface area contributed by atoms with E-state index in [1.807, 2.05) is 60.7 Å². The molecule has 26 heavy (non-hydrogen) atoms. The number of carbonyl (C=O) groups excluding carboxylic acids is 2. The molecule has 5 heteroatoms. The van der Waals surface area contributed by atoms with E-state index in [2.05, 4.69) is 11.9 Å². The molecule has 0 radical (unpaired) electrons. The summed E-state index contributed by atoms with van der Waals surface area (Å²) in [7, 11) is 0. The van der Waals surface area contributed by atoms with E-state index in [1.165, 1.54) is 6.08 Å². The van der Waals surface area contributed by atoms with E-state index in [1.54, 1.807) is 0 Å². The maximum absolute atomic E-state index is 12.2. The smallest absolute Gasteiger partial charge is 0.407 e. The second kappa shape index (κ2) is 10.7. The zero-order valence-electron chi connectivity index (χ0n) is 14.6. The van der Waals surface area contributed by atoms with Gasteiger partial charge in [0.2, 0.25) is 0 Å². The molecule has 1 N–H and O–H groups in total. The molecule has 0 bridgehead atoms. The van der Waals surface area contributed by atoms with Crippen LogP contribution in [-0.2, 0) is 27.3 Å². The number of alkyl carbamates (subject to hydrolysis) is 1. The van der Waals surface area contributed by atoms with E-state index in [0.29, 0.717) is 6.42 Å². The highest BCUT2D eigenvalue weighted by Crippen LogP contribution is 2.10. The highest BCUT2D eigenvalue weighted by molar-refractivity contribution is 5.74. The number of hydrogen-bond donors (Lipinski definition) is 1. The van der Waals surface area contributed by atoms with Crippen LogP contribution in [0.25, 0.3) is 0 Å². The van der Waals surface area contributed by atoms with Gasteiger partial charge in [-0.1, -0.05) is 73.3 Å². The predicted molar refractivity (Wildman–Crippen MR) is 99.4 cm³/mol. The molecule has 0 heterocycles. The molecule has 0 spiro atoms. The molecule has 0 unspecified atom stereocenters. The molecule has 0 saturated heterocycles. The number of amides is 1. The Kier molecular flexibility index (Phi) is 7.93. The Bertz CT molecular complexity index is 700. The van der Waals surface area contributed by atoms with Gasteiger partial charge in [-0.05, 0) is 17.5 Å². The van der Waals surface area contributed by atoms with Crippen LogP contribution in [0.5, 0.6) is 0 Å². The van der Waals surface area contributed by atoms with Crippen LogP contribution in [0.3, 0.4) is 0 Å². The van der Waals surface area contributed by atoms with Crippen molar-refractivity contribution in [1.82, 2.24) is 5.32 Å². The minimum atomic E-state index is -0.566. The molecule has 0 saturated carbocycles. The Morgan fingerprint density at radius 3 is 2.19 bits per heavy atom. The SMILES string of the molecule is C=CCOC(=O)[C@@H](CNC(=O)OCc1ccccc1)Cc1ccccc1. The fraction of sp³-hybridized carbons (Fsp3) is 0.238. The van der Waals surface area contributed by atoms with Crippen molar-refractivity contribution in [2.45, 2.75) is 13.0 Å². The summed E-state index contributed by atoms with van der Waals surface area (Å²) in [5.41, 5.74) is 1.89. The van der Waals surface area contributed by atoms with Crippen LogP contribution in [0, 0.1) is 5.92 Å². The molecule has 1 atom stereocenters. The molecule has 1 amide bonds. The Balaban J connectivity index is 1.87. The standard InChI is InChI=1S/C21H23NO4/c1-2-13-25-20(23)19(14-17-9-5-3-6-10-17)15-22-21(24)26-16-18-11-7-4-8-12-18/h2-12,19H,1,13-16H2,(H,22,24)/t19-/m1/s1. The first-order chi connectivity index (χ1) is 12.7. The molecule has 136 valence electrons. The number of ether oxygens (including phenoxy) is 2. The van der Waals surface area contributed by atoms with Gasteiger partial charge >= 0.3 is 12.1 Å². The zero-order valence-corrected chi connectivity index (χ0v) is 14.6. The van der Waals surface area contributed by atoms with E-state index in [9.17, 15) is 9.59 Å². The number of nitrogens with one attached hydrogen (secondary N) is 1. The van der Waals surface area contributed by atoms with Crippen molar-refractivity contribution >= 4 is 12.1 Å². The van der Waals surface area contributed by atoms with Crippen molar-refractivity contribution in [2.24, 2.45) is 5.92 Å². The minimum Gasteiger partial charge on any atom is -0.461 e. The van der Waals surface area contributed by atoms with Crippen molar-refractivity contribution < 1.29 is 19.1 Å². The summed E-state index contributed by atoms with van der Waals surface area (Å²) in [4.78, 5) is 24.1. The van der Waals surface area contributed by atoms with Crippen LogP contribution in [0.2, 0.25) is 0 Å². The van der Waals surface area contributed by atoms with E-state index < -0.39 is 12.0 Å². The third-order valence-corrected chi connectivity index (χ3v) is 3.71. The first-order valence-corrected chi connectivity index (χ1v) is 8.45. The molecule has 0 aliphatic carbocycles. The van der Waals surface area contributed by atoms with Gasteiger partial charge in [0, 0.05) is 6.54 Å². The molecule has 0 fully saturated rings. The number of esters is 1. The van der Waals surface area contributed by atoms with Gasteiger partial charge in [-0.2, -0.15) is 0 Å². The topological polar surface area (TPSA) is 64.6 Å². The van der Waals surface area contributed by atoms with E-state index in [0.717, 1.165) is 11.1 Å². The second-order valence-corrected chi connectivity index (χ2v) is 5.75. The van der Waals surface area contributed by atoms with E-state index in [4.69, 9.17) is 9.47 Å². The van der Waals surface area contributed by atoms with Crippen LogP contribution in [0.1, 0.15) is 11.1 Å². The van der Waals surface area contributed by atoms with Crippen molar-refractivity contribution in [3.05, 3.63) is 84.4 Å². The lowest BCUT2D eigenvalue weighted by Gasteiger charge is -2.16. The monoisotopic (exact) mass is 353 g/mol. The van der Waals surface area contributed by atoms with Gasteiger partial charge in [-0.15, -0.1) is 0 Å². The average molecular weight is 353 g/mol. The summed E-state index contributed by atoms with van der Waals surface area (Å²) in [6.07, 6.45) is 1.41. The lowest BCUT2D eigenvalue weighted by atomic mass is 9.99. The molecule has 0 aromatic heterocycles. The molecular weight excluding hydrogens is 330 g/mol. The quantitative estimate of drug-likeness (QED) is 0.553. The van der Waals surface area contributed by atoms with Crippen LogP contribution in [-0.4, -0.2) is 25.2 Å². The highest BCUT2D eigenvalue weighted by Gasteiger charge is 2.21. The lowest BCUT2D eigenvalue weighted by molar-refractivity contribution is -0.147. The average Bonchev–Trinajstić information content (AvgIpc) is 2.69. The van der Waals surface area contributed by atoms with Crippen molar-refractivity contribution in [2.75, 3.05) is 13.2 Å². The first-order valence-electron chi connectivity index (χ1n) is 8.45. The van der Waals surface area contributed by atoms with Crippen molar-refractivity contribution in [3.63, 3.8) is 0 Å². The summed E-state index contributed by atoms with van der Waals surface area (Å²) in [6, 6.07) is 19.0. The maximum Gasteiger partial charge on any atom is 0.407 e. The van der Waals surface area contributed by atoms with Gasteiger partial charge in [0.15, 0.2) is 0 Å². The second-order valence-electron chi connectivity index (χ2n) is 5.75. The molecule has 2 aromatic rings. The van der Waals surface area contributed by atoms with Gasteiger partial charge in [0.1, 0.15) is 13.2 Å². The van der Waals surface area contributed by atoms with Gasteiger partial charge in [-0.3, -0.25) is 4.79 Å². The summed E-state index contributed by atoms with van der Waals surface area (Å²) in [5, 5.41) is 2.64. The fourth-order valence-electron chi connectivity index (χ4n) is 2.38. The number of benzene rings is 2. The third kappa shape index (κ3) is 6.81. The molecular formula is C21H23NO4. The Labute approximate surface area is 153 Å². The maximum atomic E-state index is 12.2. The summed E-state index contributed by atoms with van der Waals surface area (Å²) >= 11 is 0. The van der Waals surface area contributed by atoms with Crippen LogP contribution >= 0.6 is 0 Å². The van der Waals surface area contributed by atoms with Crippen LogP contribution in [0.4, 0.5) is 4.79 Å². The molecule has 0 aliphatic rings. The number of carbonyl (C=O) groups is 2. The van der Waals surface area contributed by atoms with Crippen molar-refractivity contribution in [3.8, 4) is 0 Å². The van der Waals surface area contributed by atoms with Crippen LogP contribution in [0.15, 0.2) is 73.3 Å². The van der Waals surface area contributed by atoms with Crippen molar-refractivity contribution in [1.29, 1.82) is 0 Å². The number of rotatable bonds is 9. The molecule has 2 rings (SSSR count). The highest BCUT2D eigenvalue weighted by atomic mass is 16.5. The largest absolute Gasteiger partial charge is 0.461 e. The van der Waals surface area contributed by atoms with E-state index >= 15 is 0 Å². The van der Waals surface area contributed by atoms with Gasteiger partial charge in [0.05, 0.1) is 5.92 Å². The van der Waals surface area contributed by atoms with Gasteiger partial charge in [0.25, 0.3) is 0 Å². The molecule has 2 aromatic carbocycles. The Morgan fingerprint density at radius 1 is 0.962 bits per heavy atom. The van der Waals surface area contributed by atoms with Gasteiger partial charge in [-0.25, -0.2) is 4.79 Å². The lowest BCUT2D eigenvalue weighted by Crippen LogP contribution is -2.35. The minimum absolute atomic E-state index is 0.137. The third-order valence-electron chi connectivity index (χ3n) is 3.71. The first kappa shape index (κ1) is 19.2. The molecule has 0 aliphatic heterocycles. The normalized spacial score (nSPS) is 11.2. The van der Waals surface area contributed by atoms with Gasteiger partial charge < -0.3 is 14.8 Å². The zero-order chi connectivity index (χ0) is 18.6. The summed E-state index contributed by atoms with van der Waals surface area (Å²) < 4.78 is 10.3. The van der Waals surface area contributed by atoms with Crippen LogP contribution < -0.4 is 5.32 Å². The Hall–Kier alpha value is -3.08. The summed E-state index contributed by atoms with van der Waals surface area (Å²) in [6.45, 7) is 3.99.